The molecule has 0 aromatic carbocycles. The van der Waals surface area contributed by atoms with Crippen LogP contribution in [-0.4, -0.2) is 91.0 Å². The molecule has 2 N–H and O–H groups in total. The van der Waals surface area contributed by atoms with E-state index in [1.807, 2.05) is 33.8 Å². The van der Waals surface area contributed by atoms with Crippen LogP contribution in [0, 0.1) is 34.5 Å². The van der Waals surface area contributed by atoms with E-state index in [0.29, 0.717) is 19.3 Å². The van der Waals surface area contributed by atoms with Crippen LogP contribution in [0.25, 0.3) is 0 Å². The Bertz CT molecular complexity index is 1060. The summed E-state index contributed by atoms with van der Waals surface area (Å²) >= 11 is 0. The van der Waals surface area contributed by atoms with E-state index in [1.165, 1.54) is 11.8 Å². The van der Waals surface area contributed by atoms with Crippen molar-refractivity contribution in [2.75, 3.05) is 33.9 Å². The van der Waals surface area contributed by atoms with Crippen molar-refractivity contribution in [1.82, 2.24) is 4.90 Å². The minimum atomic E-state index is -1.61. The lowest BCUT2D eigenvalue weighted by atomic mass is 9.45. The van der Waals surface area contributed by atoms with Crippen LogP contribution in [0.4, 0.5) is 0 Å². The van der Waals surface area contributed by atoms with Crippen molar-refractivity contribution in [2.45, 2.75) is 92.1 Å². The first kappa shape index (κ1) is 36.8. The lowest BCUT2D eigenvalue weighted by Crippen LogP contribution is -2.62. The Kier molecular flexibility index (Phi) is 12.9. The molecule has 3 fully saturated rings. The molecule has 3 saturated carbocycles. The number of amides is 1. The molecule has 4 aliphatic carbocycles. The van der Waals surface area contributed by atoms with Crippen LogP contribution >= 0.6 is 0 Å². The molecule has 8 atom stereocenters. The van der Waals surface area contributed by atoms with E-state index in [-0.39, 0.29) is 35.7 Å². The largest absolute Gasteiger partial charge is 0.458 e. The molecule has 0 aromatic rings. The maximum absolute atomic E-state index is 12.9. The third-order valence-corrected chi connectivity index (χ3v) is 9.85. The Morgan fingerprint density at radius 3 is 2.28 bits per heavy atom. The molecule has 244 valence electrons. The minimum absolute atomic E-state index is 0.00535. The summed E-state index contributed by atoms with van der Waals surface area (Å²) in [4.78, 5) is 47.0. The van der Waals surface area contributed by atoms with Gasteiger partial charge in [-0.3, -0.25) is 19.2 Å². The minimum Gasteiger partial charge on any atom is -0.458 e. The van der Waals surface area contributed by atoms with Crippen LogP contribution < -0.4 is 0 Å². The number of hydrogen-bond donors (Lipinski definition) is 2. The van der Waals surface area contributed by atoms with E-state index in [4.69, 9.17) is 14.2 Å². The molecule has 4 aliphatic rings. The van der Waals surface area contributed by atoms with Gasteiger partial charge in [0.05, 0.1) is 6.10 Å². The number of aliphatic hydroxyl groups excluding tert-OH is 1. The van der Waals surface area contributed by atoms with Crippen LogP contribution in [0.3, 0.4) is 0 Å². The third-order valence-electron chi connectivity index (χ3n) is 9.85. The number of ketones is 2. The highest BCUT2D eigenvalue weighted by Gasteiger charge is 2.68. The van der Waals surface area contributed by atoms with Gasteiger partial charge in [0.15, 0.2) is 18.7 Å². The summed E-state index contributed by atoms with van der Waals surface area (Å²) in [7, 11) is 3.38. The molecular weight excluding hydrogens is 554 g/mol. The normalized spacial score (nSPS) is 35.6. The molecule has 0 radical (unpaired) electrons. The Morgan fingerprint density at radius 2 is 1.77 bits per heavy atom. The van der Waals surface area contributed by atoms with Crippen LogP contribution in [0.1, 0.15) is 74.1 Å². The Morgan fingerprint density at radius 1 is 1.19 bits per heavy atom. The van der Waals surface area contributed by atoms with E-state index < -0.39 is 40.9 Å². The summed E-state index contributed by atoms with van der Waals surface area (Å²) in [5.41, 5.74) is -1.72. The first-order valence-electron chi connectivity index (χ1n) is 15.4. The van der Waals surface area contributed by atoms with Crippen LogP contribution in [-0.2, 0) is 33.4 Å². The SMILES string of the molecule is CC(=O)OCC(=O)[C@@]1(O)CC[C@H]2[C@@H]3C[C@H](C)C4=CC(=O)C=C[C@]4(C)[C@H]3[C@@H](O)C[C@@]21C.CCOC(C)OCC.CN(C)C=O. The molecule has 0 heterocycles. The van der Waals surface area contributed by atoms with Gasteiger partial charge >= 0.3 is 5.97 Å². The van der Waals surface area contributed by atoms with Crippen LogP contribution in [0.2, 0.25) is 0 Å². The smallest absolute Gasteiger partial charge is 0.303 e. The molecule has 4 rings (SSSR count). The van der Waals surface area contributed by atoms with E-state index in [9.17, 15) is 29.4 Å². The summed E-state index contributed by atoms with van der Waals surface area (Å²) in [6.07, 6.45) is 7.42. The van der Waals surface area contributed by atoms with Crippen LogP contribution in [0.15, 0.2) is 23.8 Å². The zero-order valence-electron chi connectivity index (χ0n) is 27.4. The maximum atomic E-state index is 12.9. The molecule has 1 amide bonds. The topological polar surface area (TPSA) is 140 Å². The lowest BCUT2D eigenvalue weighted by molar-refractivity contribution is -0.182. The number of Topliss-reactive ketones (excluding diaryl/α,β-unsaturated/α-hetero) is 1. The number of hydrogen-bond acceptors (Lipinski definition) is 9. The van der Waals surface area contributed by atoms with Crippen molar-refractivity contribution in [3.63, 3.8) is 0 Å². The van der Waals surface area contributed by atoms with Crippen molar-refractivity contribution in [3.05, 3.63) is 23.8 Å². The predicted molar refractivity (Wildman–Crippen MR) is 162 cm³/mol. The van der Waals surface area contributed by atoms with Gasteiger partial charge in [-0.05, 0) is 76.4 Å². The zero-order valence-corrected chi connectivity index (χ0v) is 27.4. The molecule has 0 aromatic heterocycles. The van der Waals surface area contributed by atoms with Gasteiger partial charge in [-0.25, -0.2) is 0 Å². The quantitative estimate of drug-likeness (QED) is 0.241. The van der Waals surface area contributed by atoms with Crippen molar-refractivity contribution < 1.29 is 43.6 Å². The molecule has 0 bridgehead atoms. The van der Waals surface area contributed by atoms with E-state index >= 15 is 0 Å². The van der Waals surface area contributed by atoms with Gasteiger partial charge in [-0.15, -0.1) is 0 Å². The Labute approximate surface area is 256 Å². The van der Waals surface area contributed by atoms with Crippen molar-refractivity contribution in [3.8, 4) is 0 Å². The Hall–Kier alpha value is -2.40. The van der Waals surface area contributed by atoms with Crippen molar-refractivity contribution >= 4 is 23.9 Å². The number of nitrogens with zero attached hydrogens (tertiary/aromatic N) is 1. The van der Waals surface area contributed by atoms with E-state index in [0.717, 1.165) is 31.6 Å². The summed E-state index contributed by atoms with van der Waals surface area (Å²) in [5.74, 6) is -0.712. The highest BCUT2D eigenvalue weighted by atomic mass is 16.7. The molecule has 10 heteroatoms. The Balaban J connectivity index is 0.000000417. The second-order valence-corrected chi connectivity index (χ2v) is 12.9. The van der Waals surface area contributed by atoms with E-state index in [1.54, 1.807) is 26.2 Å². The van der Waals surface area contributed by atoms with Crippen LogP contribution in [0.5, 0.6) is 0 Å². The molecular formula is C33H53NO9. The van der Waals surface area contributed by atoms with Gasteiger partial charge in [0.1, 0.15) is 5.60 Å². The lowest BCUT2D eigenvalue weighted by Gasteiger charge is -2.60. The zero-order chi connectivity index (χ0) is 32.8. The monoisotopic (exact) mass is 607 g/mol. The van der Waals surface area contributed by atoms with Gasteiger partial charge in [0.2, 0.25) is 12.2 Å². The summed E-state index contributed by atoms with van der Waals surface area (Å²) < 4.78 is 15.0. The number of rotatable bonds is 8. The van der Waals surface area contributed by atoms with Gasteiger partial charge in [0.25, 0.3) is 0 Å². The van der Waals surface area contributed by atoms with Gasteiger partial charge < -0.3 is 29.3 Å². The molecule has 0 spiro atoms. The summed E-state index contributed by atoms with van der Waals surface area (Å²) in [5, 5.41) is 22.9. The molecule has 0 unspecified atom stereocenters. The van der Waals surface area contributed by atoms with Gasteiger partial charge in [-0.2, -0.15) is 0 Å². The highest BCUT2D eigenvalue weighted by Crippen LogP contribution is 2.67. The fourth-order valence-electron chi connectivity index (χ4n) is 8.02. The average molecular weight is 608 g/mol. The second kappa shape index (κ2) is 15.1. The molecule has 10 nitrogen and oxygen atoms in total. The number of fused-ring (bicyclic) bond motifs is 5. The fraction of sp³-hybridized carbons (Fsp3) is 0.758. The van der Waals surface area contributed by atoms with Gasteiger partial charge in [0, 0.05) is 51.0 Å². The second-order valence-electron chi connectivity index (χ2n) is 12.9. The standard InChI is InChI=1S/C24H32O6.C6H14O2.C3H7NO/c1-13-9-16-17-6-8-24(29,20(28)12-30-14(2)25)23(17,4)11-19(27)21(16)22(3)7-5-15(26)10-18(13)22;1-4-7-6(3)8-5-2;1-4(2)3-5/h5,7,10,13,16-17,19,21,27,29H,6,8-9,11-12H2,1-4H3;6H,4-5H2,1-3H3;3H,1-2H3/t13-,16-,17-,19-,21+,22-,23-,24-;;/m0../s1. The van der Waals surface area contributed by atoms with Crippen molar-refractivity contribution in [1.29, 1.82) is 0 Å². The number of carbonyl (C=O) groups excluding carboxylic acids is 4. The fourth-order valence-corrected chi connectivity index (χ4v) is 8.02. The first-order valence-corrected chi connectivity index (χ1v) is 15.4. The highest BCUT2D eigenvalue weighted by molar-refractivity contribution is 6.01. The number of carbonyl (C=O) groups is 4. The number of aliphatic hydroxyl groups is 2. The number of allylic oxidation sites excluding steroid dienone is 4. The average Bonchev–Trinajstić information content (AvgIpc) is 3.20. The third kappa shape index (κ3) is 7.82. The van der Waals surface area contributed by atoms with Gasteiger partial charge in [-0.1, -0.05) is 32.4 Å². The molecule has 0 aliphatic heterocycles. The summed E-state index contributed by atoms with van der Waals surface area (Å²) in [6.45, 7) is 14.2. The van der Waals surface area contributed by atoms with E-state index in [2.05, 4.69) is 13.8 Å². The number of ether oxygens (including phenoxy) is 3. The molecule has 0 saturated heterocycles. The first-order chi connectivity index (χ1) is 20.0. The predicted octanol–water partition coefficient (Wildman–Crippen LogP) is 3.48. The summed E-state index contributed by atoms with van der Waals surface area (Å²) in [6, 6.07) is 0. The van der Waals surface area contributed by atoms with Crippen molar-refractivity contribution in [2.24, 2.45) is 34.5 Å². The maximum Gasteiger partial charge on any atom is 0.303 e. The molecule has 43 heavy (non-hydrogen) atoms. The number of esters is 1.